The van der Waals surface area contributed by atoms with Gasteiger partial charge in [-0.2, -0.15) is 0 Å². The Morgan fingerprint density at radius 2 is 2.09 bits per heavy atom. The van der Waals surface area contributed by atoms with Crippen molar-refractivity contribution in [1.82, 2.24) is 5.16 Å². The van der Waals surface area contributed by atoms with E-state index in [0.717, 1.165) is 18.7 Å². The molecule has 0 aliphatic carbocycles. The molecule has 1 aromatic heterocycles. The number of halogens is 1. The number of hydrogen-bond acceptors (Lipinski definition) is 5. The van der Waals surface area contributed by atoms with Gasteiger partial charge < -0.3 is 9.42 Å². The lowest BCUT2D eigenvalue weighted by molar-refractivity contribution is 0.413. The van der Waals surface area contributed by atoms with Gasteiger partial charge in [-0.05, 0) is 18.6 Å². The van der Waals surface area contributed by atoms with Crippen LogP contribution in [0.4, 0.5) is 15.8 Å². The Balaban J connectivity index is 1.97. The van der Waals surface area contributed by atoms with Crippen LogP contribution in [0.3, 0.4) is 0 Å². The van der Waals surface area contributed by atoms with Gasteiger partial charge in [-0.1, -0.05) is 12.1 Å². The average molecular weight is 339 g/mol. The predicted octanol–water partition coefficient (Wildman–Crippen LogP) is 2.38. The first kappa shape index (κ1) is 15.8. The summed E-state index contributed by atoms with van der Waals surface area (Å²) in [7, 11) is -3.66. The standard InChI is InChI=1S/C15H18FN3O3S/c1-2-6-18-7-8-19(15-10-12(16)3-4-14(15)18)23(20,21)11-13-5-9-22-17-13/h3-5,9-10H,2,6-8,11H2,1H3. The third-order valence-electron chi connectivity index (χ3n) is 3.77. The van der Waals surface area contributed by atoms with Crippen LogP contribution in [0.2, 0.25) is 0 Å². The minimum absolute atomic E-state index is 0.271. The third-order valence-corrected chi connectivity index (χ3v) is 5.48. The van der Waals surface area contributed by atoms with Crippen LogP contribution in [0, 0.1) is 5.82 Å². The highest BCUT2D eigenvalue weighted by molar-refractivity contribution is 7.92. The average Bonchev–Trinajstić information content (AvgIpc) is 2.99. The SMILES string of the molecule is CCCN1CCN(S(=O)(=O)Cc2ccon2)c2cc(F)ccc21. The molecule has 0 N–H and O–H groups in total. The van der Waals surface area contributed by atoms with Gasteiger partial charge in [-0.25, -0.2) is 12.8 Å². The van der Waals surface area contributed by atoms with Crippen molar-refractivity contribution >= 4 is 21.4 Å². The van der Waals surface area contributed by atoms with Crippen molar-refractivity contribution in [3.8, 4) is 0 Å². The van der Waals surface area contributed by atoms with Crippen molar-refractivity contribution in [2.45, 2.75) is 19.1 Å². The lowest BCUT2D eigenvalue weighted by atomic mass is 10.2. The molecular weight excluding hydrogens is 321 g/mol. The second kappa shape index (κ2) is 6.19. The zero-order valence-electron chi connectivity index (χ0n) is 12.8. The molecule has 2 heterocycles. The molecule has 6 nitrogen and oxygen atoms in total. The Bertz CT molecular complexity index is 777. The third kappa shape index (κ3) is 3.17. The minimum atomic E-state index is -3.66. The summed E-state index contributed by atoms with van der Waals surface area (Å²) in [4.78, 5) is 2.08. The maximum absolute atomic E-state index is 13.7. The first-order chi connectivity index (χ1) is 11.0. The Hall–Kier alpha value is -2.09. The Morgan fingerprint density at radius 3 is 2.78 bits per heavy atom. The molecule has 0 amide bonds. The van der Waals surface area contributed by atoms with Crippen LogP contribution < -0.4 is 9.21 Å². The summed E-state index contributed by atoms with van der Waals surface area (Å²) < 4.78 is 45.0. The Kier molecular flexibility index (Phi) is 4.25. The van der Waals surface area contributed by atoms with Gasteiger partial charge in [0.2, 0.25) is 10.0 Å². The van der Waals surface area contributed by atoms with Gasteiger partial charge in [0, 0.05) is 25.2 Å². The number of benzene rings is 1. The van der Waals surface area contributed by atoms with E-state index in [4.69, 9.17) is 0 Å². The molecule has 1 aliphatic rings. The first-order valence-corrected chi connectivity index (χ1v) is 9.06. The molecule has 1 aromatic carbocycles. The summed E-state index contributed by atoms with van der Waals surface area (Å²) in [6.07, 6.45) is 2.26. The van der Waals surface area contributed by atoms with E-state index in [2.05, 4.69) is 21.5 Å². The van der Waals surface area contributed by atoms with Crippen molar-refractivity contribution in [2.24, 2.45) is 0 Å². The van der Waals surface area contributed by atoms with Crippen LogP contribution >= 0.6 is 0 Å². The summed E-state index contributed by atoms with van der Waals surface area (Å²) in [6, 6.07) is 5.78. The number of rotatable bonds is 5. The van der Waals surface area contributed by atoms with Crippen molar-refractivity contribution in [3.63, 3.8) is 0 Å². The van der Waals surface area contributed by atoms with Crippen molar-refractivity contribution < 1.29 is 17.3 Å². The number of nitrogens with zero attached hydrogens (tertiary/aromatic N) is 3. The number of fused-ring (bicyclic) bond motifs is 1. The Labute approximate surface area is 134 Å². The molecule has 23 heavy (non-hydrogen) atoms. The van der Waals surface area contributed by atoms with Crippen LogP contribution in [0.25, 0.3) is 0 Å². The van der Waals surface area contributed by atoms with Crippen LogP contribution in [-0.2, 0) is 15.8 Å². The monoisotopic (exact) mass is 339 g/mol. The van der Waals surface area contributed by atoms with E-state index in [-0.39, 0.29) is 12.3 Å². The summed E-state index contributed by atoms with van der Waals surface area (Å²) in [5.41, 5.74) is 1.45. The van der Waals surface area contributed by atoms with Crippen molar-refractivity contribution in [2.75, 3.05) is 28.8 Å². The van der Waals surface area contributed by atoms with Crippen LogP contribution in [-0.4, -0.2) is 33.2 Å². The molecule has 0 bridgehead atoms. The van der Waals surface area contributed by atoms with Gasteiger partial charge in [0.15, 0.2) is 0 Å². The molecule has 124 valence electrons. The predicted molar refractivity (Wildman–Crippen MR) is 85.4 cm³/mol. The molecule has 0 fully saturated rings. The summed E-state index contributed by atoms with van der Waals surface area (Å²) >= 11 is 0. The summed E-state index contributed by atoms with van der Waals surface area (Å²) in [5, 5.41) is 3.65. The highest BCUT2D eigenvalue weighted by Gasteiger charge is 2.31. The normalized spacial score (nSPS) is 14.9. The fourth-order valence-corrected chi connectivity index (χ4v) is 4.27. The highest BCUT2D eigenvalue weighted by atomic mass is 32.2. The molecule has 0 saturated heterocycles. The van der Waals surface area contributed by atoms with E-state index in [1.807, 2.05) is 0 Å². The second-order valence-electron chi connectivity index (χ2n) is 5.44. The lowest BCUT2D eigenvalue weighted by Crippen LogP contribution is -2.44. The van der Waals surface area contributed by atoms with Gasteiger partial charge >= 0.3 is 0 Å². The number of anilines is 2. The number of hydrogen-bond donors (Lipinski definition) is 0. The van der Waals surface area contributed by atoms with Crippen LogP contribution in [0.1, 0.15) is 19.0 Å². The maximum atomic E-state index is 13.7. The summed E-state index contributed by atoms with van der Waals surface area (Å²) in [5.74, 6) is -0.725. The summed E-state index contributed by atoms with van der Waals surface area (Å²) in [6.45, 7) is 3.72. The smallest absolute Gasteiger partial charge is 0.241 e. The van der Waals surface area contributed by atoms with E-state index in [9.17, 15) is 12.8 Å². The molecule has 8 heteroatoms. The van der Waals surface area contributed by atoms with Crippen LogP contribution in [0.15, 0.2) is 35.1 Å². The van der Waals surface area contributed by atoms with E-state index in [0.29, 0.717) is 17.9 Å². The molecule has 1 aliphatic heterocycles. The number of aromatic nitrogens is 1. The van der Waals surface area contributed by atoms with Gasteiger partial charge in [-0.15, -0.1) is 0 Å². The van der Waals surface area contributed by atoms with Gasteiger partial charge in [0.1, 0.15) is 23.5 Å². The molecule has 2 aromatic rings. The van der Waals surface area contributed by atoms with Crippen LogP contribution in [0.5, 0.6) is 0 Å². The lowest BCUT2D eigenvalue weighted by Gasteiger charge is -2.38. The quantitative estimate of drug-likeness (QED) is 0.837. The first-order valence-electron chi connectivity index (χ1n) is 7.45. The molecule has 0 unspecified atom stereocenters. The van der Waals surface area contributed by atoms with Crippen molar-refractivity contribution in [3.05, 3.63) is 42.0 Å². The Morgan fingerprint density at radius 1 is 1.26 bits per heavy atom. The molecular formula is C15H18FN3O3S. The van der Waals surface area contributed by atoms with E-state index < -0.39 is 15.8 Å². The fraction of sp³-hybridized carbons (Fsp3) is 0.400. The molecule has 0 radical (unpaired) electrons. The maximum Gasteiger partial charge on any atom is 0.241 e. The fourth-order valence-electron chi connectivity index (χ4n) is 2.78. The van der Waals surface area contributed by atoms with Gasteiger partial charge in [0.25, 0.3) is 0 Å². The topological polar surface area (TPSA) is 66.7 Å². The van der Waals surface area contributed by atoms with Crippen molar-refractivity contribution in [1.29, 1.82) is 0 Å². The minimum Gasteiger partial charge on any atom is -0.368 e. The van der Waals surface area contributed by atoms with E-state index in [1.54, 1.807) is 6.07 Å². The highest BCUT2D eigenvalue weighted by Crippen LogP contribution is 2.36. The molecule has 0 saturated carbocycles. The largest absolute Gasteiger partial charge is 0.368 e. The number of sulfonamides is 1. The second-order valence-corrected chi connectivity index (χ2v) is 7.33. The van der Waals surface area contributed by atoms with Gasteiger partial charge in [-0.3, -0.25) is 4.31 Å². The molecule has 3 rings (SSSR count). The van der Waals surface area contributed by atoms with Gasteiger partial charge in [0.05, 0.1) is 17.9 Å². The van der Waals surface area contributed by atoms with E-state index in [1.165, 1.54) is 28.8 Å². The zero-order chi connectivity index (χ0) is 16.4. The van der Waals surface area contributed by atoms with E-state index >= 15 is 0 Å². The molecule has 0 atom stereocenters. The zero-order valence-corrected chi connectivity index (χ0v) is 13.6. The molecule has 0 spiro atoms.